The summed E-state index contributed by atoms with van der Waals surface area (Å²) in [6, 6.07) is 5.58. The Kier molecular flexibility index (Phi) is 7.26. The van der Waals surface area contributed by atoms with Crippen LogP contribution in [0.1, 0.15) is 58.8 Å². The van der Waals surface area contributed by atoms with Crippen LogP contribution in [0.15, 0.2) is 24.3 Å². The molecule has 26 heavy (non-hydrogen) atoms. The van der Waals surface area contributed by atoms with E-state index in [0.717, 1.165) is 30.6 Å². The van der Waals surface area contributed by atoms with Crippen LogP contribution in [0.3, 0.4) is 0 Å². The molecule has 0 spiro atoms. The minimum Gasteiger partial charge on any atom is -0.462 e. The molecular weight excluding hydrogens is 355 g/mol. The van der Waals surface area contributed by atoms with E-state index in [1.807, 2.05) is 0 Å². The summed E-state index contributed by atoms with van der Waals surface area (Å²) in [4.78, 5) is 31.3. The molecule has 140 valence electrons. The maximum atomic E-state index is 13.5. The number of anilines is 1. The van der Waals surface area contributed by atoms with Crippen LogP contribution >= 0.6 is 11.3 Å². The van der Waals surface area contributed by atoms with Crippen molar-refractivity contribution in [1.29, 1.82) is 0 Å². The second-order valence-electron chi connectivity index (χ2n) is 5.81. The molecule has 0 atom stereocenters. The molecule has 0 saturated carbocycles. The highest BCUT2D eigenvalue weighted by Gasteiger charge is 2.24. The first-order chi connectivity index (χ1) is 12.5. The quantitative estimate of drug-likeness (QED) is 0.497. The van der Waals surface area contributed by atoms with Gasteiger partial charge in [-0.3, -0.25) is 9.69 Å². The number of carbonyl (C=O) groups excluding carboxylic acids is 2. The van der Waals surface area contributed by atoms with Gasteiger partial charge in [0.2, 0.25) is 0 Å². The predicted octanol–water partition coefficient (Wildman–Crippen LogP) is 4.60. The van der Waals surface area contributed by atoms with E-state index in [1.165, 1.54) is 23.1 Å². The van der Waals surface area contributed by atoms with E-state index in [9.17, 15) is 14.0 Å². The normalized spacial score (nSPS) is 10.6. The van der Waals surface area contributed by atoms with Gasteiger partial charge in [-0.05, 0) is 38.5 Å². The van der Waals surface area contributed by atoms with E-state index in [4.69, 9.17) is 4.74 Å². The minimum atomic E-state index is -0.466. The van der Waals surface area contributed by atoms with E-state index in [0.29, 0.717) is 22.2 Å². The number of halogens is 1. The van der Waals surface area contributed by atoms with Crippen molar-refractivity contribution < 1.29 is 18.7 Å². The molecule has 2 rings (SSSR count). The predicted molar refractivity (Wildman–Crippen MR) is 100 cm³/mol. The molecule has 2 aromatic rings. The topological polar surface area (TPSA) is 59.5 Å². The summed E-state index contributed by atoms with van der Waals surface area (Å²) < 4.78 is 18.6. The zero-order valence-corrected chi connectivity index (χ0v) is 16.1. The Bertz CT molecular complexity index is 776. The van der Waals surface area contributed by atoms with Crippen LogP contribution in [-0.2, 0) is 4.74 Å². The van der Waals surface area contributed by atoms with Gasteiger partial charge >= 0.3 is 5.97 Å². The number of esters is 1. The number of benzene rings is 1. The first-order valence-corrected chi connectivity index (χ1v) is 9.51. The summed E-state index contributed by atoms with van der Waals surface area (Å²) in [5.41, 5.74) is 0.781. The molecule has 5 nitrogen and oxygen atoms in total. The number of hydrogen-bond donors (Lipinski definition) is 0. The Balaban J connectivity index is 2.34. The van der Waals surface area contributed by atoms with Crippen molar-refractivity contribution in [3.8, 4) is 0 Å². The fourth-order valence-corrected chi connectivity index (χ4v) is 3.45. The lowest BCUT2D eigenvalue weighted by atomic mass is 10.2. The number of aromatic nitrogens is 1. The molecule has 1 amide bonds. The zero-order valence-electron chi connectivity index (χ0n) is 15.3. The summed E-state index contributed by atoms with van der Waals surface area (Å²) in [7, 11) is 0. The Labute approximate surface area is 156 Å². The van der Waals surface area contributed by atoms with Crippen LogP contribution in [0.2, 0.25) is 0 Å². The molecule has 1 heterocycles. The first kappa shape index (κ1) is 20.0. The molecule has 0 N–H and O–H groups in total. The van der Waals surface area contributed by atoms with Crippen molar-refractivity contribution in [1.82, 2.24) is 4.98 Å². The molecular formula is C19H23FN2O3S. The number of carbonyl (C=O) groups is 2. The first-order valence-electron chi connectivity index (χ1n) is 8.69. The second-order valence-corrected chi connectivity index (χ2v) is 6.78. The molecule has 1 aromatic carbocycles. The molecule has 0 saturated heterocycles. The number of hydrogen-bond acceptors (Lipinski definition) is 5. The summed E-state index contributed by atoms with van der Waals surface area (Å²) >= 11 is 1.13. The lowest BCUT2D eigenvalue weighted by molar-refractivity contribution is 0.0531. The van der Waals surface area contributed by atoms with Gasteiger partial charge in [0.15, 0.2) is 5.13 Å². The fourth-order valence-electron chi connectivity index (χ4n) is 2.46. The number of unbranched alkanes of at least 4 members (excludes halogenated alkanes) is 2. The Morgan fingerprint density at radius 3 is 2.69 bits per heavy atom. The minimum absolute atomic E-state index is 0.257. The number of nitrogens with zero attached hydrogens (tertiary/aromatic N) is 2. The zero-order chi connectivity index (χ0) is 19.1. The molecule has 0 radical (unpaired) electrons. The Hall–Kier alpha value is -2.28. The number of ether oxygens (including phenoxy) is 1. The maximum absolute atomic E-state index is 13.5. The van der Waals surface area contributed by atoms with E-state index in [1.54, 1.807) is 19.9 Å². The van der Waals surface area contributed by atoms with Crippen molar-refractivity contribution in [3.63, 3.8) is 0 Å². The summed E-state index contributed by atoms with van der Waals surface area (Å²) in [5.74, 6) is -1.24. The van der Waals surface area contributed by atoms with Gasteiger partial charge in [0.25, 0.3) is 5.91 Å². The second kappa shape index (κ2) is 9.43. The van der Waals surface area contributed by atoms with Gasteiger partial charge in [0.1, 0.15) is 10.7 Å². The van der Waals surface area contributed by atoms with E-state index < -0.39 is 11.8 Å². The molecule has 0 aliphatic rings. The average Bonchev–Trinajstić information content (AvgIpc) is 3.00. The summed E-state index contributed by atoms with van der Waals surface area (Å²) in [5, 5.41) is 0.427. The molecule has 1 aromatic heterocycles. The number of amides is 1. The highest BCUT2D eigenvalue weighted by molar-refractivity contribution is 7.17. The van der Waals surface area contributed by atoms with Gasteiger partial charge in [-0.1, -0.05) is 37.2 Å². The number of aryl methyl sites for hydroxylation is 1. The van der Waals surface area contributed by atoms with Crippen molar-refractivity contribution in [3.05, 3.63) is 46.2 Å². The molecule has 7 heteroatoms. The molecule has 0 unspecified atom stereocenters. The monoisotopic (exact) mass is 378 g/mol. The maximum Gasteiger partial charge on any atom is 0.350 e. The molecule has 0 aliphatic heterocycles. The summed E-state index contributed by atoms with van der Waals surface area (Å²) in [6.45, 7) is 6.25. The van der Waals surface area contributed by atoms with E-state index >= 15 is 0 Å². The van der Waals surface area contributed by atoms with Crippen LogP contribution < -0.4 is 4.90 Å². The van der Waals surface area contributed by atoms with Crippen molar-refractivity contribution in [2.24, 2.45) is 0 Å². The van der Waals surface area contributed by atoms with Gasteiger partial charge in [-0.2, -0.15) is 0 Å². The highest BCUT2D eigenvalue weighted by Crippen LogP contribution is 2.28. The Morgan fingerprint density at radius 1 is 1.27 bits per heavy atom. The van der Waals surface area contributed by atoms with Crippen molar-refractivity contribution in [2.75, 3.05) is 18.1 Å². The lowest BCUT2D eigenvalue weighted by Crippen LogP contribution is -2.32. The molecule has 0 bridgehead atoms. The third kappa shape index (κ3) is 4.88. The van der Waals surface area contributed by atoms with Gasteiger partial charge in [-0.15, -0.1) is 0 Å². The van der Waals surface area contributed by atoms with Gasteiger partial charge < -0.3 is 4.74 Å². The summed E-state index contributed by atoms with van der Waals surface area (Å²) in [6.07, 6.45) is 2.76. The smallest absolute Gasteiger partial charge is 0.350 e. The van der Waals surface area contributed by atoms with Crippen LogP contribution in [0.5, 0.6) is 0 Å². The van der Waals surface area contributed by atoms with Crippen molar-refractivity contribution in [2.45, 2.75) is 40.0 Å². The third-order valence-corrected chi connectivity index (χ3v) is 4.94. The largest absolute Gasteiger partial charge is 0.462 e. The van der Waals surface area contributed by atoms with Crippen LogP contribution in [-0.4, -0.2) is 30.0 Å². The van der Waals surface area contributed by atoms with Gasteiger partial charge in [-0.25, -0.2) is 14.2 Å². The standard InChI is InChI=1S/C19H23FN2O3S/c1-4-6-7-11-22(17(23)14-9-8-10-15(20)12-14)19-21-13(3)16(26-19)18(24)25-5-2/h8-10,12H,4-7,11H2,1-3H3. The van der Waals surface area contributed by atoms with Gasteiger partial charge in [0.05, 0.1) is 12.3 Å². The van der Waals surface area contributed by atoms with Gasteiger partial charge in [0, 0.05) is 12.1 Å². The highest BCUT2D eigenvalue weighted by atomic mass is 32.1. The third-order valence-electron chi connectivity index (χ3n) is 3.78. The fraction of sp³-hybridized carbons (Fsp3) is 0.421. The van der Waals surface area contributed by atoms with E-state index in [-0.39, 0.29) is 18.1 Å². The Morgan fingerprint density at radius 2 is 2.04 bits per heavy atom. The SMILES string of the molecule is CCCCCN(C(=O)c1cccc(F)c1)c1nc(C)c(C(=O)OCC)s1. The van der Waals surface area contributed by atoms with Crippen LogP contribution in [0, 0.1) is 12.7 Å². The molecule has 0 fully saturated rings. The van der Waals surface area contributed by atoms with E-state index in [2.05, 4.69) is 11.9 Å². The average molecular weight is 378 g/mol. The van der Waals surface area contributed by atoms with Crippen molar-refractivity contribution >= 4 is 28.3 Å². The number of rotatable bonds is 8. The van der Waals surface area contributed by atoms with Crippen LogP contribution in [0.4, 0.5) is 9.52 Å². The molecule has 0 aliphatic carbocycles. The lowest BCUT2D eigenvalue weighted by Gasteiger charge is -2.20. The van der Waals surface area contributed by atoms with Crippen LogP contribution in [0.25, 0.3) is 0 Å². The number of thiazole rings is 1.